The van der Waals surface area contributed by atoms with E-state index in [4.69, 9.17) is 0 Å². The van der Waals surface area contributed by atoms with Crippen LogP contribution in [0.1, 0.15) is 13.3 Å². The van der Waals surface area contributed by atoms with Gasteiger partial charge in [-0.2, -0.15) is 0 Å². The van der Waals surface area contributed by atoms with E-state index < -0.39 is 0 Å². The maximum Gasteiger partial charge on any atom is 0.136 e. The van der Waals surface area contributed by atoms with Gasteiger partial charge in [-0.15, -0.1) is 0 Å². The lowest BCUT2D eigenvalue weighted by molar-refractivity contribution is -0.119. The van der Waals surface area contributed by atoms with Crippen LogP contribution in [-0.4, -0.2) is 5.78 Å². The topological polar surface area (TPSA) is 17.1 Å². The maximum atomic E-state index is 10.4. The van der Waals surface area contributed by atoms with Crippen molar-refractivity contribution in [2.75, 3.05) is 0 Å². The molecule has 0 fully saturated rings. The Morgan fingerprint density at radius 1 is 1.86 bits per heavy atom. The predicted octanol–water partition coefficient (Wildman–Crippen LogP) is 1.15. The molecule has 0 aliphatic heterocycles. The van der Waals surface area contributed by atoms with Crippen molar-refractivity contribution >= 4 is 5.78 Å². The van der Waals surface area contributed by atoms with Crippen LogP contribution in [0.4, 0.5) is 0 Å². The number of ketones is 1. The molecule has 38 valence electrons. The third-order valence-electron chi connectivity index (χ3n) is 1.28. The minimum atomic E-state index is 0.264. The second kappa shape index (κ2) is 1.49. The van der Waals surface area contributed by atoms with E-state index in [1.807, 2.05) is 12.2 Å². The van der Waals surface area contributed by atoms with E-state index in [1.165, 1.54) is 0 Å². The van der Waals surface area contributed by atoms with Crippen molar-refractivity contribution in [2.24, 2.45) is 5.92 Å². The summed E-state index contributed by atoms with van der Waals surface area (Å²) in [4.78, 5) is 10.4. The largest absolute Gasteiger partial charge is 0.299 e. The minimum absolute atomic E-state index is 0.264. The molecule has 1 rings (SSSR count). The molecular formula is C6H8O. The molecule has 0 radical (unpaired) electrons. The lowest BCUT2D eigenvalue weighted by Gasteiger charge is -2.11. The van der Waals surface area contributed by atoms with Gasteiger partial charge in [-0.3, -0.25) is 4.79 Å². The van der Waals surface area contributed by atoms with Gasteiger partial charge in [0.2, 0.25) is 0 Å². The number of carbonyl (C=O) groups is 1. The summed E-state index contributed by atoms with van der Waals surface area (Å²) in [6, 6.07) is 0. The first-order chi connectivity index (χ1) is 3.30. The predicted molar refractivity (Wildman–Crippen MR) is 27.9 cm³/mol. The van der Waals surface area contributed by atoms with Crippen molar-refractivity contribution in [1.82, 2.24) is 0 Å². The van der Waals surface area contributed by atoms with Gasteiger partial charge in [0.1, 0.15) is 5.78 Å². The average Bonchev–Trinajstić information content (AvgIpc) is 1.23. The van der Waals surface area contributed by atoms with Crippen molar-refractivity contribution in [3.63, 3.8) is 0 Å². The number of Topliss-reactive ketones (excluding diaryl/α,β-unsaturated/α-hetero) is 1. The Hall–Kier alpha value is -0.590. The molecule has 1 aliphatic carbocycles. The molecule has 1 atom stereocenters. The second-order valence-corrected chi connectivity index (χ2v) is 1.88. The lowest BCUT2D eigenvalue weighted by atomic mass is 9.92. The zero-order chi connectivity index (χ0) is 5.28. The first kappa shape index (κ1) is 4.57. The number of allylic oxidation sites excluding steroid dienone is 2. The highest BCUT2D eigenvalue weighted by Crippen LogP contribution is 2.16. The van der Waals surface area contributed by atoms with Crippen molar-refractivity contribution in [2.45, 2.75) is 13.3 Å². The standard InChI is InChI=1S/C6H8O/c1-5(7)6-3-2-4-6/h2-3,6H,4H2,1H3. The van der Waals surface area contributed by atoms with Gasteiger partial charge in [-0.1, -0.05) is 12.2 Å². The van der Waals surface area contributed by atoms with Gasteiger partial charge in [0.25, 0.3) is 0 Å². The van der Waals surface area contributed by atoms with Gasteiger partial charge in [0, 0.05) is 5.92 Å². The summed E-state index contributed by atoms with van der Waals surface area (Å²) in [6.45, 7) is 1.63. The maximum absolute atomic E-state index is 10.4. The van der Waals surface area contributed by atoms with Crippen LogP contribution in [0, 0.1) is 5.92 Å². The fourth-order valence-electron chi connectivity index (χ4n) is 0.574. The molecule has 0 amide bonds. The Morgan fingerprint density at radius 3 is 2.43 bits per heavy atom. The van der Waals surface area contributed by atoms with Crippen LogP contribution in [0.2, 0.25) is 0 Å². The smallest absolute Gasteiger partial charge is 0.136 e. The molecule has 1 unspecified atom stereocenters. The molecule has 0 heterocycles. The summed E-state index contributed by atoms with van der Waals surface area (Å²) < 4.78 is 0. The van der Waals surface area contributed by atoms with Gasteiger partial charge in [0.05, 0.1) is 0 Å². The van der Waals surface area contributed by atoms with Gasteiger partial charge >= 0.3 is 0 Å². The second-order valence-electron chi connectivity index (χ2n) is 1.88. The highest BCUT2D eigenvalue weighted by Gasteiger charge is 2.13. The van der Waals surface area contributed by atoms with E-state index in [-0.39, 0.29) is 5.92 Å². The molecule has 0 spiro atoms. The van der Waals surface area contributed by atoms with Crippen molar-refractivity contribution in [3.8, 4) is 0 Å². The van der Waals surface area contributed by atoms with E-state index in [9.17, 15) is 4.79 Å². The van der Waals surface area contributed by atoms with Gasteiger partial charge < -0.3 is 0 Å². The van der Waals surface area contributed by atoms with Gasteiger partial charge in [0.15, 0.2) is 0 Å². The zero-order valence-electron chi connectivity index (χ0n) is 4.35. The van der Waals surface area contributed by atoms with Crippen LogP contribution in [0.15, 0.2) is 12.2 Å². The van der Waals surface area contributed by atoms with Crippen LogP contribution in [-0.2, 0) is 4.79 Å². The number of rotatable bonds is 1. The summed E-state index contributed by atoms with van der Waals surface area (Å²) in [7, 11) is 0. The van der Waals surface area contributed by atoms with E-state index >= 15 is 0 Å². The molecule has 1 heteroatoms. The Morgan fingerprint density at radius 2 is 2.43 bits per heavy atom. The van der Waals surface area contributed by atoms with Crippen LogP contribution in [0.25, 0.3) is 0 Å². The highest BCUT2D eigenvalue weighted by atomic mass is 16.1. The van der Waals surface area contributed by atoms with Crippen molar-refractivity contribution < 1.29 is 4.79 Å². The molecule has 0 aromatic heterocycles. The van der Waals surface area contributed by atoms with Crippen LogP contribution in [0.5, 0.6) is 0 Å². The fourth-order valence-corrected chi connectivity index (χ4v) is 0.574. The Bertz CT molecular complexity index is 113. The SMILES string of the molecule is CC(=O)C1C=CC1. The van der Waals surface area contributed by atoms with Crippen LogP contribution >= 0.6 is 0 Å². The Kier molecular flexibility index (Phi) is 0.970. The molecule has 0 aromatic rings. The Labute approximate surface area is 43.0 Å². The fraction of sp³-hybridized carbons (Fsp3) is 0.500. The first-order valence-corrected chi connectivity index (χ1v) is 2.48. The Balaban J connectivity index is 2.44. The van der Waals surface area contributed by atoms with Crippen molar-refractivity contribution in [1.29, 1.82) is 0 Å². The molecule has 0 aromatic carbocycles. The number of carbonyl (C=O) groups excluding carboxylic acids is 1. The molecule has 1 nitrogen and oxygen atoms in total. The summed E-state index contributed by atoms with van der Waals surface area (Å²) in [5.41, 5.74) is 0. The third kappa shape index (κ3) is 0.710. The molecule has 0 saturated heterocycles. The van der Waals surface area contributed by atoms with E-state index in [0.717, 1.165) is 6.42 Å². The summed E-state index contributed by atoms with van der Waals surface area (Å²) in [5.74, 6) is 0.558. The summed E-state index contributed by atoms with van der Waals surface area (Å²) in [6.07, 6.45) is 4.93. The summed E-state index contributed by atoms with van der Waals surface area (Å²) >= 11 is 0. The highest BCUT2D eigenvalue weighted by molar-refractivity contribution is 5.81. The molecule has 0 saturated carbocycles. The van der Waals surface area contributed by atoms with Crippen LogP contribution in [0.3, 0.4) is 0 Å². The summed E-state index contributed by atoms with van der Waals surface area (Å²) in [5, 5.41) is 0. The number of hydrogen-bond donors (Lipinski definition) is 0. The molecular weight excluding hydrogens is 88.1 g/mol. The minimum Gasteiger partial charge on any atom is -0.299 e. The quantitative estimate of drug-likeness (QED) is 0.447. The molecule has 7 heavy (non-hydrogen) atoms. The van der Waals surface area contributed by atoms with Gasteiger partial charge in [-0.05, 0) is 13.3 Å². The van der Waals surface area contributed by atoms with E-state index in [1.54, 1.807) is 6.92 Å². The average molecular weight is 96.1 g/mol. The first-order valence-electron chi connectivity index (χ1n) is 2.48. The third-order valence-corrected chi connectivity index (χ3v) is 1.28. The normalized spacial score (nSPS) is 26.7. The zero-order valence-corrected chi connectivity index (χ0v) is 4.35. The molecule has 1 aliphatic rings. The van der Waals surface area contributed by atoms with E-state index in [0.29, 0.717) is 5.78 Å². The lowest BCUT2D eigenvalue weighted by Crippen LogP contribution is -2.11. The van der Waals surface area contributed by atoms with Crippen molar-refractivity contribution in [3.05, 3.63) is 12.2 Å². The van der Waals surface area contributed by atoms with E-state index in [2.05, 4.69) is 0 Å². The number of hydrogen-bond acceptors (Lipinski definition) is 1. The molecule has 0 bridgehead atoms. The molecule has 0 N–H and O–H groups in total. The monoisotopic (exact) mass is 96.1 g/mol. The van der Waals surface area contributed by atoms with Crippen LogP contribution < -0.4 is 0 Å². The van der Waals surface area contributed by atoms with Gasteiger partial charge in [-0.25, -0.2) is 0 Å².